The van der Waals surface area contributed by atoms with Gasteiger partial charge in [0.2, 0.25) is 0 Å². The summed E-state index contributed by atoms with van der Waals surface area (Å²) in [5, 5.41) is 5.25. The Hall–Kier alpha value is -2.84. The molecule has 0 aliphatic carbocycles. The van der Waals surface area contributed by atoms with Crippen LogP contribution in [0.4, 0.5) is 0 Å². The first-order valence-electron chi connectivity index (χ1n) is 9.08. The lowest BCUT2D eigenvalue weighted by molar-refractivity contribution is 0.0368. The Morgan fingerprint density at radius 3 is 3.07 bits per heavy atom. The number of hydrogen-bond donors (Lipinski definition) is 1. The maximum Gasteiger partial charge on any atom is 0.181 e. The van der Waals surface area contributed by atoms with Crippen LogP contribution in [0.1, 0.15) is 25.1 Å². The van der Waals surface area contributed by atoms with E-state index in [0.29, 0.717) is 23.9 Å². The first kappa shape index (κ1) is 17.3. The molecule has 0 radical (unpaired) electrons. The minimum Gasteiger partial charge on any atom is -0.442 e. The van der Waals surface area contributed by atoms with Crippen molar-refractivity contribution >= 4 is 17.4 Å². The highest BCUT2D eigenvalue weighted by atomic mass is 35.5. The van der Waals surface area contributed by atoms with Crippen LogP contribution in [0, 0.1) is 0 Å². The largest absolute Gasteiger partial charge is 0.442 e. The molecule has 0 saturated heterocycles. The van der Waals surface area contributed by atoms with Crippen LogP contribution < -0.4 is 5.43 Å². The van der Waals surface area contributed by atoms with E-state index in [0.717, 1.165) is 28.5 Å². The number of oxazole rings is 1. The summed E-state index contributed by atoms with van der Waals surface area (Å²) >= 11 is 6.31. The fourth-order valence-corrected chi connectivity index (χ4v) is 3.73. The second-order valence-electron chi connectivity index (χ2n) is 7.03. The number of aromatic nitrogens is 3. The van der Waals surface area contributed by atoms with Crippen molar-refractivity contribution in [2.75, 3.05) is 6.61 Å². The smallest absolute Gasteiger partial charge is 0.181 e. The van der Waals surface area contributed by atoms with Gasteiger partial charge in [-0.05, 0) is 32.0 Å². The summed E-state index contributed by atoms with van der Waals surface area (Å²) in [7, 11) is 0. The lowest BCUT2D eigenvalue weighted by atomic mass is 10.1. The number of fused-ring (bicyclic) bond motifs is 5. The molecule has 2 aliphatic heterocycles. The maximum atomic E-state index is 6.31. The zero-order valence-corrected chi connectivity index (χ0v) is 16.2. The fraction of sp³-hybridized carbons (Fsp3) is 0.316. The normalized spacial score (nSPS) is 17.6. The number of hydrazone groups is 1. The molecular weight excluding hydrogens is 380 g/mol. The van der Waals surface area contributed by atoms with Gasteiger partial charge in [0.1, 0.15) is 18.2 Å². The van der Waals surface area contributed by atoms with Crippen LogP contribution in [0.2, 0.25) is 5.02 Å². The molecule has 5 rings (SSSR count). The molecule has 0 saturated carbocycles. The van der Waals surface area contributed by atoms with Crippen molar-refractivity contribution in [3.63, 3.8) is 0 Å². The molecule has 1 unspecified atom stereocenters. The number of hydrogen-bond acceptors (Lipinski definition) is 7. The lowest BCUT2D eigenvalue weighted by Gasteiger charge is -2.26. The monoisotopic (exact) mass is 398 g/mol. The van der Waals surface area contributed by atoms with E-state index in [1.54, 1.807) is 12.5 Å². The number of rotatable bonds is 4. The molecule has 1 N–H and O–H groups in total. The van der Waals surface area contributed by atoms with Gasteiger partial charge in [-0.2, -0.15) is 5.10 Å². The van der Waals surface area contributed by atoms with Crippen LogP contribution in [0.25, 0.3) is 17.1 Å². The number of halogens is 1. The summed E-state index contributed by atoms with van der Waals surface area (Å²) in [6, 6.07) is 5.78. The van der Waals surface area contributed by atoms with Crippen molar-refractivity contribution in [1.29, 1.82) is 0 Å². The predicted octanol–water partition coefficient (Wildman–Crippen LogP) is 3.01. The van der Waals surface area contributed by atoms with Gasteiger partial charge in [-0.1, -0.05) is 11.6 Å². The van der Waals surface area contributed by atoms with Gasteiger partial charge in [-0.15, -0.1) is 0 Å². The van der Waals surface area contributed by atoms with E-state index >= 15 is 0 Å². The molecule has 0 fully saturated rings. The number of imidazole rings is 1. The summed E-state index contributed by atoms with van der Waals surface area (Å²) < 4.78 is 13.4. The van der Waals surface area contributed by atoms with Crippen LogP contribution in [0.15, 0.2) is 46.6 Å². The van der Waals surface area contributed by atoms with Crippen LogP contribution in [-0.2, 0) is 11.3 Å². The molecule has 1 atom stereocenters. The van der Waals surface area contributed by atoms with Gasteiger partial charge in [0, 0.05) is 10.6 Å². The van der Waals surface area contributed by atoms with Gasteiger partial charge >= 0.3 is 0 Å². The molecule has 2 aliphatic rings. The van der Waals surface area contributed by atoms with Crippen LogP contribution in [-0.4, -0.2) is 44.1 Å². The third-order valence-electron chi connectivity index (χ3n) is 4.87. The SMILES string of the molecule is CC(C)OCC1NN=C2c3cc(Cl)ccc3-n3cnc(-c4cnco4)c3CN21. The third-order valence-corrected chi connectivity index (χ3v) is 5.10. The van der Waals surface area contributed by atoms with Crippen LogP contribution in [0.3, 0.4) is 0 Å². The number of ether oxygens (including phenoxy) is 1. The predicted molar refractivity (Wildman–Crippen MR) is 104 cm³/mol. The van der Waals surface area contributed by atoms with Crippen LogP contribution >= 0.6 is 11.6 Å². The molecule has 8 nitrogen and oxygen atoms in total. The highest BCUT2D eigenvalue weighted by Crippen LogP contribution is 2.34. The molecule has 1 aromatic carbocycles. The molecule has 144 valence electrons. The highest BCUT2D eigenvalue weighted by Gasteiger charge is 2.35. The van der Waals surface area contributed by atoms with E-state index in [2.05, 4.69) is 30.0 Å². The van der Waals surface area contributed by atoms with Crippen molar-refractivity contribution in [2.24, 2.45) is 5.10 Å². The lowest BCUT2D eigenvalue weighted by Crippen LogP contribution is -2.43. The van der Waals surface area contributed by atoms with Crippen molar-refractivity contribution in [2.45, 2.75) is 32.7 Å². The summed E-state index contributed by atoms with van der Waals surface area (Å²) in [6.07, 6.45) is 4.93. The summed E-state index contributed by atoms with van der Waals surface area (Å²) in [5.74, 6) is 1.47. The summed E-state index contributed by atoms with van der Waals surface area (Å²) in [5.41, 5.74) is 6.85. The topological polar surface area (TPSA) is 80.7 Å². The highest BCUT2D eigenvalue weighted by molar-refractivity contribution is 6.31. The van der Waals surface area contributed by atoms with Crippen LogP contribution in [0.5, 0.6) is 0 Å². The van der Waals surface area contributed by atoms with E-state index in [-0.39, 0.29) is 12.3 Å². The van der Waals surface area contributed by atoms with E-state index in [4.69, 9.17) is 20.8 Å². The molecule has 3 aromatic rings. The summed E-state index contributed by atoms with van der Waals surface area (Å²) in [6.45, 7) is 5.13. The van der Waals surface area contributed by atoms with Crippen molar-refractivity contribution in [3.05, 3.63) is 53.4 Å². The average Bonchev–Trinajstić information content (AvgIpc) is 3.39. The second kappa shape index (κ2) is 6.65. The van der Waals surface area contributed by atoms with Gasteiger partial charge < -0.3 is 14.1 Å². The Balaban J connectivity index is 1.64. The van der Waals surface area contributed by atoms with E-state index < -0.39 is 0 Å². The molecule has 0 amide bonds. The first-order chi connectivity index (χ1) is 13.6. The number of amidine groups is 1. The quantitative estimate of drug-likeness (QED) is 0.727. The van der Waals surface area contributed by atoms with Crippen molar-refractivity contribution in [3.8, 4) is 17.1 Å². The Labute approximate surface area is 166 Å². The Morgan fingerprint density at radius 2 is 2.29 bits per heavy atom. The molecule has 4 heterocycles. The Morgan fingerprint density at radius 1 is 1.39 bits per heavy atom. The van der Waals surface area contributed by atoms with Gasteiger partial charge in [0.15, 0.2) is 18.0 Å². The molecule has 28 heavy (non-hydrogen) atoms. The number of nitrogens with zero attached hydrogens (tertiary/aromatic N) is 5. The molecule has 2 aromatic heterocycles. The standard InChI is InChI=1S/C19H19ClN6O2/c1-11(2)27-8-17-23-24-19-13-5-12(20)3-4-14(13)26-9-22-18(15(26)7-25(17)19)16-6-21-10-28-16/h3-6,9-11,17,23H,7-8H2,1-2H3. The Bertz CT molecular complexity index is 1040. The zero-order valence-electron chi connectivity index (χ0n) is 15.5. The van der Waals surface area contributed by atoms with E-state index in [1.165, 1.54) is 6.39 Å². The molecule has 9 heteroatoms. The van der Waals surface area contributed by atoms with Crippen molar-refractivity contribution in [1.82, 2.24) is 24.9 Å². The average molecular weight is 399 g/mol. The Kier molecular flexibility index (Phi) is 4.10. The molecular formula is C19H19ClN6O2. The molecule has 0 bridgehead atoms. The third kappa shape index (κ3) is 2.76. The maximum absolute atomic E-state index is 6.31. The fourth-order valence-electron chi connectivity index (χ4n) is 3.56. The minimum atomic E-state index is -0.0896. The second-order valence-corrected chi connectivity index (χ2v) is 7.46. The van der Waals surface area contributed by atoms with Gasteiger partial charge in [0.05, 0.1) is 36.8 Å². The zero-order chi connectivity index (χ0) is 19.3. The van der Waals surface area contributed by atoms with Gasteiger partial charge in [-0.25, -0.2) is 9.97 Å². The minimum absolute atomic E-state index is 0.0896. The number of nitrogens with one attached hydrogen (secondary N) is 1. The first-order valence-corrected chi connectivity index (χ1v) is 9.46. The number of benzene rings is 1. The van der Waals surface area contributed by atoms with Gasteiger partial charge in [0.25, 0.3) is 0 Å². The van der Waals surface area contributed by atoms with Crippen molar-refractivity contribution < 1.29 is 9.15 Å². The van der Waals surface area contributed by atoms with E-state index in [1.807, 2.05) is 32.0 Å². The molecule has 0 spiro atoms. The summed E-state index contributed by atoms with van der Waals surface area (Å²) in [4.78, 5) is 10.8. The van der Waals surface area contributed by atoms with Gasteiger partial charge in [-0.3, -0.25) is 9.99 Å². The van der Waals surface area contributed by atoms with E-state index in [9.17, 15) is 0 Å².